The highest BCUT2D eigenvalue weighted by Gasteiger charge is 2.23. The first-order valence-corrected chi connectivity index (χ1v) is 11.6. The monoisotopic (exact) mass is 422 g/mol. The SMILES string of the molecule is Cc1cccc([C@H](NC(=O)CN(Cc2ccccc2)S(C)(=O)=O)c2ccccc2)c1. The van der Waals surface area contributed by atoms with Crippen LogP contribution in [0.4, 0.5) is 0 Å². The Morgan fingerprint density at radius 3 is 2.10 bits per heavy atom. The molecule has 0 unspecified atom stereocenters. The molecule has 0 spiro atoms. The highest BCUT2D eigenvalue weighted by molar-refractivity contribution is 7.88. The van der Waals surface area contributed by atoms with Gasteiger partial charge in [-0.15, -0.1) is 0 Å². The predicted octanol–water partition coefficient (Wildman–Crippen LogP) is 3.66. The van der Waals surface area contributed by atoms with Crippen molar-refractivity contribution in [2.45, 2.75) is 19.5 Å². The van der Waals surface area contributed by atoms with Gasteiger partial charge < -0.3 is 5.32 Å². The van der Waals surface area contributed by atoms with Crippen molar-refractivity contribution in [3.05, 3.63) is 107 Å². The van der Waals surface area contributed by atoms with E-state index in [-0.39, 0.29) is 25.0 Å². The molecule has 3 rings (SSSR count). The lowest BCUT2D eigenvalue weighted by atomic mass is 9.97. The van der Waals surface area contributed by atoms with E-state index >= 15 is 0 Å². The molecule has 0 fully saturated rings. The number of sulfonamides is 1. The molecule has 1 atom stereocenters. The molecule has 156 valence electrons. The zero-order valence-corrected chi connectivity index (χ0v) is 18.0. The van der Waals surface area contributed by atoms with Crippen LogP contribution in [-0.4, -0.2) is 31.4 Å². The predicted molar refractivity (Wildman–Crippen MR) is 119 cm³/mol. The van der Waals surface area contributed by atoms with E-state index in [9.17, 15) is 13.2 Å². The zero-order chi connectivity index (χ0) is 21.6. The third-order valence-electron chi connectivity index (χ3n) is 4.80. The summed E-state index contributed by atoms with van der Waals surface area (Å²) in [4.78, 5) is 12.9. The fraction of sp³-hybridized carbons (Fsp3) is 0.208. The van der Waals surface area contributed by atoms with Crippen LogP contribution in [0.3, 0.4) is 0 Å². The summed E-state index contributed by atoms with van der Waals surface area (Å²) in [7, 11) is -3.56. The van der Waals surface area contributed by atoms with Crippen LogP contribution >= 0.6 is 0 Å². The molecule has 0 aliphatic carbocycles. The third kappa shape index (κ3) is 6.02. The number of rotatable bonds is 8. The van der Waals surface area contributed by atoms with Crippen LogP contribution in [0.2, 0.25) is 0 Å². The average Bonchev–Trinajstić information content (AvgIpc) is 2.72. The van der Waals surface area contributed by atoms with E-state index in [0.717, 1.165) is 28.5 Å². The van der Waals surface area contributed by atoms with Gasteiger partial charge in [-0.25, -0.2) is 8.42 Å². The summed E-state index contributed by atoms with van der Waals surface area (Å²) in [5, 5.41) is 3.02. The smallest absolute Gasteiger partial charge is 0.236 e. The van der Waals surface area contributed by atoms with Gasteiger partial charge in [0.1, 0.15) is 0 Å². The number of benzene rings is 3. The molecule has 0 heterocycles. The van der Waals surface area contributed by atoms with Crippen LogP contribution in [0, 0.1) is 6.92 Å². The first kappa shape index (κ1) is 21.7. The molecule has 0 aromatic heterocycles. The Hall–Kier alpha value is -2.96. The maximum Gasteiger partial charge on any atom is 0.236 e. The Balaban J connectivity index is 1.82. The van der Waals surface area contributed by atoms with Gasteiger partial charge in [-0.1, -0.05) is 90.5 Å². The summed E-state index contributed by atoms with van der Waals surface area (Å²) in [5.74, 6) is -0.355. The van der Waals surface area contributed by atoms with E-state index in [1.54, 1.807) is 0 Å². The number of carbonyl (C=O) groups excluding carboxylic acids is 1. The largest absolute Gasteiger partial charge is 0.344 e. The minimum Gasteiger partial charge on any atom is -0.344 e. The number of hydrogen-bond donors (Lipinski definition) is 1. The van der Waals surface area contributed by atoms with Gasteiger partial charge in [-0.2, -0.15) is 4.31 Å². The van der Waals surface area contributed by atoms with Gasteiger partial charge in [0.05, 0.1) is 18.8 Å². The maximum absolute atomic E-state index is 12.9. The number of nitrogens with zero attached hydrogens (tertiary/aromatic N) is 1. The summed E-state index contributed by atoms with van der Waals surface area (Å²) < 4.78 is 25.8. The van der Waals surface area contributed by atoms with Crippen LogP contribution in [0.15, 0.2) is 84.9 Å². The van der Waals surface area contributed by atoms with Gasteiger partial charge in [0.15, 0.2) is 0 Å². The molecule has 0 radical (unpaired) electrons. The van der Waals surface area contributed by atoms with Gasteiger partial charge in [-0.05, 0) is 23.6 Å². The van der Waals surface area contributed by atoms with Crippen molar-refractivity contribution in [1.82, 2.24) is 9.62 Å². The second-order valence-electron chi connectivity index (χ2n) is 7.34. The van der Waals surface area contributed by atoms with Crippen molar-refractivity contribution in [3.8, 4) is 0 Å². The molecule has 0 aliphatic rings. The van der Waals surface area contributed by atoms with Crippen LogP contribution in [0.1, 0.15) is 28.3 Å². The second kappa shape index (κ2) is 9.69. The third-order valence-corrected chi connectivity index (χ3v) is 6.00. The summed E-state index contributed by atoms with van der Waals surface area (Å²) in [6, 6.07) is 26.5. The average molecular weight is 423 g/mol. The highest BCUT2D eigenvalue weighted by Crippen LogP contribution is 2.23. The van der Waals surface area contributed by atoms with Gasteiger partial charge in [0, 0.05) is 6.54 Å². The summed E-state index contributed by atoms with van der Waals surface area (Å²) in [6.07, 6.45) is 1.12. The maximum atomic E-state index is 12.9. The van der Waals surface area contributed by atoms with Gasteiger partial charge >= 0.3 is 0 Å². The Morgan fingerprint density at radius 2 is 1.50 bits per heavy atom. The normalized spacial score (nSPS) is 12.5. The van der Waals surface area contributed by atoms with Crippen LogP contribution in [-0.2, 0) is 21.4 Å². The minimum absolute atomic E-state index is 0.146. The number of hydrogen-bond acceptors (Lipinski definition) is 3. The minimum atomic E-state index is -3.56. The van der Waals surface area contributed by atoms with Crippen molar-refractivity contribution in [3.63, 3.8) is 0 Å². The second-order valence-corrected chi connectivity index (χ2v) is 9.32. The molecule has 1 N–H and O–H groups in total. The number of nitrogens with one attached hydrogen (secondary N) is 1. The Morgan fingerprint density at radius 1 is 0.900 bits per heavy atom. The van der Waals surface area contributed by atoms with Gasteiger partial charge in [0.2, 0.25) is 15.9 Å². The quantitative estimate of drug-likeness (QED) is 0.602. The molecule has 6 heteroatoms. The first-order chi connectivity index (χ1) is 14.3. The van der Waals surface area contributed by atoms with Crippen molar-refractivity contribution >= 4 is 15.9 Å². The van der Waals surface area contributed by atoms with E-state index in [1.165, 1.54) is 4.31 Å². The topological polar surface area (TPSA) is 66.5 Å². The molecule has 30 heavy (non-hydrogen) atoms. The van der Waals surface area contributed by atoms with E-state index < -0.39 is 10.0 Å². The number of carbonyl (C=O) groups is 1. The van der Waals surface area contributed by atoms with E-state index in [4.69, 9.17) is 0 Å². The highest BCUT2D eigenvalue weighted by atomic mass is 32.2. The van der Waals surface area contributed by atoms with E-state index in [2.05, 4.69) is 5.32 Å². The molecule has 1 amide bonds. The van der Waals surface area contributed by atoms with Crippen molar-refractivity contribution in [1.29, 1.82) is 0 Å². The fourth-order valence-electron chi connectivity index (χ4n) is 3.30. The lowest BCUT2D eigenvalue weighted by Gasteiger charge is -2.24. The molecule has 3 aromatic rings. The molecule has 0 bridgehead atoms. The molecule has 0 aliphatic heterocycles. The zero-order valence-electron chi connectivity index (χ0n) is 17.2. The molecular formula is C24H26N2O3S. The fourth-order valence-corrected chi connectivity index (χ4v) is 4.03. The standard InChI is InChI=1S/C24H26N2O3S/c1-19-10-9-15-22(16-19)24(21-13-7-4-8-14-21)25-23(27)18-26(30(2,28)29)17-20-11-5-3-6-12-20/h3-16,24H,17-18H2,1-2H3,(H,25,27)/t24-/m1/s1. The number of amides is 1. The molecule has 5 nitrogen and oxygen atoms in total. The van der Waals surface area contributed by atoms with Crippen LogP contribution in [0.25, 0.3) is 0 Å². The number of aryl methyl sites for hydroxylation is 1. The molecule has 0 saturated heterocycles. The van der Waals surface area contributed by atoms with Crippen molar-refractivity contribution in [2.75, 3.05) is 12.8 Å². The molecular weight excluding hydrogens is 396 g/mol. The Labute approximate surface area is 178 Å². The van der Waals surface area contributed by atoms with Gasteiger partial charge in [0.25, 0.3) is 0 Å². The van der Waals surface area contributed by atoms with Crippen LogP contribution < -0.4 is 5.32 Å². The molecule has 3 aromatic carbocycles. The summed E-state index contributed by atoms with van der Waals surface area (Å²) >= 11 is 0. The lowest BCUT2D eigenvalue weighted by molar-refractivity contribution is -0.121. The van der Waals surface area contributed by atoms with E-state index in [1.807, 2.05) is 91.9 Å². The van der Waals surface area contributed by atoms with Crippen molar-refractivity contribution in [2.24, 2.45) is 0 Å². The van der Waals surface area contributed by atoms with Crippen LogP contribution in [0.5, 0.6) is 0 Å². The summed E-state index contributed by atoms with van der Waals surface area (Å²) in [5.41, 5.74) is 3.80. The van der Waals surface area contributed by atoms with E-state index in [0.29, 0.717) is 0 Å². The molecule has 0 saturated carbocycles. The summed E-state index contributed by atoms with van der Waals surface area (Å²) in [6.45, 7) is 1.90. The Kier molecular flexibility index (Phi) is 7.03. The van der Waals surface area contributed by atoms with Gasteiger partial charge in [-0.3, -0.25) is 4.79 Å². The Bertz CT molecular complexity index is 1080. The van der Waals surface area contributed by atoms with Crippen molar-refractivity contribution < 1.29 is 13.2 Å². The first-order valence-electron chi connectivity index (χ1n) is 9.73. The lowest BCUT2D eigenvalue weighted by Crippen LogP contribution is -2.41.